The Balaban J connectivity index is 3.09. The minimum atomic E-state index is -0.319. The van der Waals surface area contributed by atoms with Gasteiger partial charge in [-0.25, -0.2) is 0 Å². The molecule has 0 N–H and O–H groups in total. The molecule has 0 aliphatic rings. The number of hydrogen-bond donors (Lipinski definition) is 0. The van der Waals surface area contributed by atoms with Crippen molar-refractivity contribution in [3.8, 4) is 0 Å². The van der Waals surface area contributed by atoms with Gasteiger partial charge in [-0.1, -0.05) is 0 Å². The van der Waals surface area contributed by atoms with Gasteiger partial charge in [0.15, 0.2) is 18.0 Å². The Morgan fingerprint density at radius 1 is 1.54 bits per heavy atom. The molecule has 0 saturated heterocycles. The summed E-state index contributed by atoms with van der Waals surface area (Å²) in [5.41, 5.74) is -0.331. The average Bonchev–Trinajstić information content (AvgIpc) is 2.12. The minimum Gasteiger partial charge on any atom is -0.804 e. The van der Waals surface area contributed by atoms with E-state index in [0.717, 1.165) is 12.5 Å². The third-order valence-corrected chi connectivity index (χ3v) is 1.59. The van der Waals surface area contributed by atoms with Crippen molar-refractivity contribution in [1.29, 1.82) is 0 Å². The average molecular weight is 180 g/mol. The van der Waals surface area contributed by atoms with Gasteiger partial charge in [0.1, 0.15) is 0 Å². The molecule has 0 fully saturated rings. The summed E-state index contributed by atoms with van der Waals surface area (Å²) in [7, 11) is 0. The van der Waals surface area contributed by atoms with Gasteiger partial charge in [0, 0.05) is 6.07 Å². The molecule has 0 amide bonds. The highest BCUT2D eigenvalue weighted by Gasteiger charge is 2.18. The topological polar surface area (TPSA) is 90.8 Å². The van der Waals surface area contributed by atoms with Gasteiger partial charge in [0.2, 0.25) is 0 Å². The second kappa shape index (κ2) is 2.41. The zero-order valence-corrected chi connectivity index (χ0v) is 6.32. The molecule has 13 heavy (non-hydrogen) atoms. The molecule has 66 valence electrons. The normalized spacial score (nSPS) is 10.5. The summed E-state index contributed by atoms with van der Waals surface area (Å²) in [4.78, 5) is 11.0. The Hall–Kier alpha value is -2.18. The van der Waals surface area contributed by atoms with Crippen LogP contribution in [0.2, 0.25) is 0 Å². The van der Waals surface area contributed by atoms with Crippen molar-refractivity contribution in [2.75, 3.05) is 0 Å². The van der Waals surface area contributed by atoms with Gasteiger partial charge < -0.3 is 15.1 Å². The van der Waals surface area contributed by atoms with E-state index in [4.69, 9.17) is 0 Å². The molecule has 2 aromatic rings. The van der Waals surface area contributed by atoms with E-state index in [1.807, 2.05) is 0 Å². The quantitative estimate of drug-likeness (QED) is 0.381. The van der Waals surface area contributed by atoms with E-state index >= 15 is 0 Å². The van der Waals surface area contributed by atoms with Crippen molar-refractivity contribution in [3.05, 3.63) is 40.0 Å². The maximum absolute atomic E-state index is 11.1. The largest absolute Gasteiger partial charge is 0.804 e. The first kappa shape index (κ1) is 7.47. The van der Waals surface area contributed by atoms with Crippen LogP contribution in [0.3, 0.4) is 0 Å². The van der Waals surface area contributed by atoms with Crippen molar-refractivity contribution in [1.82, 2.24) is 9.83 Å². The van der Waals surface area contributed by atoms with Crippen LogP contribution in [-0.2, 0) is 0 Å². The molecule has 0 aliphatic heterocycles. The maximum Gasteiger partial charge on any atom is 0.559 e. The van der Waals surface area contributed by atoms with Gasteiger partial charge in [-0.3, -0.25) is 0 Å². The molecule has 0 spiro atoms. The van der Waals surface area contributed by atoms with Crippen LogP contribution in [0.15, 0.2) is 24.7 Å². The van der Waals surface area contributed by atoms with Crippen LogP contribution in [0.4, 0.5) is 0 Å². The van der Waals surface area contributed by atoms with Gasteiger partial charge in [0.05, 0.1) is 10.0 Å². The molecular formula is C6H4N4O3. The molecule has 0 atom stereocenters. The van der Waals surface area contributed by atoms with Crippen LogP contribution in [0, 0.1) is 15.3 Å². The summed E-state index contributed by atoms with van der Waals surface area (Å²) in [5, 5.41) is 25.2. The third-order valence-electron chi connectivity index (χ3n) is 1.59. The van der Waals surface area contributed by atoms with Crippen molar-refractivity contribution >= 4 is 11.2 Å². The molecule has 0 saturated carbocycles. The Kier molecular flexibility index (Phi) is 1.38. The van der Waals surface area contributed by atoms with Crippen LogP contribution in [0.25, 0.3) is 11.2 Å². The molecule has 7 heteroatoms. The second-order valence-electron chi connectivity index (χ2n) is 2.37. The molecule has 0 aliphatic carbocycles. The summed E-state index contributed by atoms with van der Waals surface area (Å²) in [6.07, 6.45) is 1.92. The van der Waals surface area contributed by atoms with Crippen molar-refractivity contribution < 1.29 is 9.27 Å². The van der Waals surface area contributed by atoms with E-state index in [1.54, 1.807) is 0 Å². The molecule has 2 rings (SSSR count). The molecular weight excluding hydrogens is 176 g/mol. The predicted molar refractivity (Wildman–Crippen MR) is 40.8 cm³/mol. The Bertz CT molecular complexity index is 521. The highest BCUT2D eigenvalue weighted by atomic mass is 16.5. The first-order valence-corrected chi connectivity index (χ1v) is 3.40. The highest BCUT2D eigenvalue weighted by molar-refractivity contribution is 5.63. The lowest BCUT2D eigenvalue weighted by Crippen LogP contribution is -2.38. The fraction of sp³-hybridized carbons (Fsp3) is 0. The van der Waals surface area contributed by atoms with Crippen LogP contribution < -0.4 is 9.27 Å². The Labute approximate surface area is 71.2 Å². The molecule has 7 nitrogen and oxygen atoms in total. The van der Waals surface area contributed by atoms with Gasteiger partial charge >= 0.3 is 5.65 Å². The van der Waals surface area contributed by atoms with Gasteiger partial charge in [-0.2, -0.15) is 0 Å². The first-order valence-electron chi connectivity index (χ1n) is 3.40. The molecule has 0 bridgehead atoms. The zero-order chi connectivity index (χ0) is 9.42. The summed E-state index contributed by atoms with van der Waals surface area (Å²) in [5.74, 6) is 0. The standard InChI is InChI=1S/C6H4N4O3/c11-8-3-1-2-5-6(8)10(13)7-4-9(5)12/h1-4H. The SMILES string of the molecule is O=[n+]1ncn([O-])c2ccc[n+]([O-])c21. The van der Waals surface area contributed by atoms with E-state index in [9.17, 15) is 15.3 Å². The zero-order valence-electron chi connectivity index (χ0n) is 6.32. The predicted octanol–water partition coefficient (Wildman–Crippen LogP) is -1.07. The number of rotatable bonds is 0. The number of hydrogen-bond acceptors (Lipinski definition) is 4. The van der Waals surface area contributed by atoms with Crippen molar-refractivity contribution in [2.24, 2.45) is 0 Å². The summed E-state index contributed by atoms with van der Waals surface area (Å²) >= 11 is 0. The smallest absolute Gasteiger partial charge is 0.559 e. The summed E-state index contributed by atoms with van der Waals surface area (Å²) in [6.45, 7) is 0. The van der Waals surface area contributed by atoms with Crippen LogP contribution >= 0.6 is 0 Å². The maximum atomic E-state index is 11.1. The highest BCUT2D eigenvalue weighted by Crippen LogP contribution is 2.00. The minimum absolute atomic E-state index is 0.0116. The fourth-order valence-electron chi connectivity index (χ4n) is 1.04. The lowest BCUT2D eigenvalue weighted by atomic mass is 10.4. The van der Waals surface area contributed by atoms with E-state index in [-0.39, 0.29) is 15.7 Å². The van der Waals surface area contributed by atoms with Crippen molar-refractivity contribution in [3.63, 3.8) is 0 Å². The lowest BCUT2D eigenvalue weighted by molar-refractivity contribution is -0.672. The number of pyridine rings is 1. The summed E-state index contributed by atoms with van der Waals surface area (Å²) < 4.78 is 0.762. The van der Waals surface area contributed by atoms with Crippen LogP contribution in [-0.4, -0.2) is 9.83 Å². The number of nitrogens with zero attached hydrogens (tertiary/aromatic N) is 4. The monoisotopic (exact) mass is 180 g/mol. The van der Waals surface area contributed by atoms with E-state index in [0.29, 0.717) is 9.46 Å². The van der Waals surface area contributed by atoms with E-state index < -0.39 is 0 Å². The van der Waals surface area contributed by atoms with Crippen LogP contribution in [0.1, 0.15) is 0 Å². The van der Waals surface area contributed by atoms with Gasteiger partial charge in [0.25, 0.3) is 4.54 Å². The fourth-order valence-corrected chi connectivity index (χ4v) is 1.04. The van der Waals surface area contributed by atoms with Crippen molar-refractivity contribution in [2.45, 2.75) is 0 Å². The number of aromatic nitrogens is 4. The van der Waals surface area contributed by atoms with Crippen LogP contribution in [0.5, 0.6) is 0 Å². The number of fused-ring (bicyclic) bond motifs is 1. The first-order chi connectivity index (χ1) is 6.20. The van der Waals surface area contributed by atoms with Gasteiger partial charge in [-0.15, -0.1) is 4.73 Å². The molecule has 0 unspecified atom stereocenters. The molecule has 0 radical (unpaired) electrons. The molecule has 0 aromatic carbocycles. The molecule has 2 aromatic heterocycles. The summed E-state index contributed by atoms with van der Waals surface area (Å²) in [6, 6.07) is 2.75. The third kappa shape index (κ3) is 0.975. The molecule has 2 heterocycles. The second-order valence-corrected chi connectivity index (χ2v) is 2.37. The Morgan fingerprint density at radius 3 is 3.00 bits per heavy atom. The lowest BCUT2D eigenvalue weighted by Gasteiger charge is -2.06. The van der Waals surface area contributed by atoms with E-state index in [2.05, 4.69) is 5.10 Å². The van der Waals surface area contributed by atoms with E-state index in [1.165, 1.54) is 12.1 Å². The Morgan fingerprint density at radius 2 is 2.31 bits per heavy atom. The van der Waals surface area contributed by atoms with Gasteiger partial charge in [-0.05, 0) is 6.07 Å².